The largest absolute Gasteiger partial charge is 0.468 e. The third-order valence-corrected chi connectivity index (χ3v) is 3.33. The highest BCUT2D eigenvalue weighted by Gasteiger charge is 2.18. The molecular formula is C15H18FNO2. The fraction of sp³-hybridized carbons (Fsp3) is 0.333. The smallest absolute Gasteiger partial charge is 0.123 e. The Bertz CT molecular complexity index is 495. The number of hydrogen-bond acceptors (Lipinski definition) is 3. The van der Waals surface area contributed by atoms with E-state index in [2.05, 4.69) is 0 Å². The second-order valence-electron chi connectivity index (χ2n) is 4.70. The summed E-state index contributed by atoms with van der Waals surface area (Å²) in [5.41, 5.74) is 0.708. The Balaban J connectivity index is 1.98. The first kappa shape index (κ1) is 13.8. The third-order valence-electron chi connectivity index (χ3n) is 3.33. The highest BCUT2D eigenvalue weighted by Crippen LogP contribution is 2.22. The fourth-order valence-corrected chi connectivity index (χ4v) is 1.97. The van der Waals surface area contributed by atoms with Crippen molar-refractivity contribution < 1.29 is 13.9 Å². The number of aliphatic hydroxyl groups excluding tert-OH is 1. The summed E-state index contributed by atoms with van der Waals surface area (Å²) in [4.78, 5) is 1.99. The van der Waals surface area contributed by atoms with Gasteiger partial charge in [0.25, 0.3) is 0 Å². The molecule has 1 heterocycles. The van der Waals surface area contributed by atoms with E-state index in [0.717, 1.165) is 5.76 Å². The molecule has 2 atom stereocenters. The summed E-state index contributed by atoms with van der Waals surface area (Å²) in [5.74, 6) is 0.557. The van der Waals surface area contributed by atoms with Gasteiger partial charge in [0, 0.05) is 6.54 Å². The summed E-state index contributed by atoms with van der Waals surface area (Å²) in [6.45, 7) is 2.46. The average Bonchev–Trinajstić information content (AvgIpc) is 2.92. The summed E-state index contributed by atoms with van der Waals surface area (Å²) in [6, 6.07) is 9.74. The molecule has 0 spiro atoms. The maximum absolute atomic E-state index is 12.8. The van der Waals surface area contributed by atoms with Crippen molar-refractivity contribution in [3.63, 3.8) is 0 Å². The van der Waals surface area contributed by atoms with Gasteiger partial charge in [-0.05, 0) is 43.8 Å². The number of benzene rings is 1. The SMILES string of the molecule is CC(c1ccco1)N(C)CC(O)c1ccc(F)cc1. The number of hydrogen-bond donors (Lipinski definition) is 1. The summed E-state index contributed by atoms with van der Waals surface area (Å²) < 4.78 is 18.2. The van der Waals surface area contributed by atoms with Crippen LogP contribution in [0.2, 0.25) is 0 Å². The Morgan fingerprint density at radius 2 is 1.95 bits per heavy atom. The van der Waals surface area contributed by atoms with Gasteiger partial charge in [-0.15, -0.1) is 0 Å². The van der Waals surface area contributed by atoms with Gasteiger partial charge in [0.05, 0.1) is 18.4 Å². The number of likely N-dealkylation sites (N-methyl/N-ethyl adjacent to an activating group) is 1. The van der Waals surface area contributed by atoms with Crippen molar-refractivity contribution in [3.05, 3.63) is 59.8 Å². The van der Waals surface area contributed by atoms with Crippen molar-refractivity contribution in [2.45, 2.75) is 19.1 Å². The van der Waals surface area contributed by atoms with Gasteiger partial charge in [-0.2, -0.15) is 0 Å². The van der Waals surface area contributed by atoms with E-state index in [1.807, 2.05) is 31.0 Å². The molecule has 0 bridgehead atoms. The molecule has 3 nitrogen and oxygen atoms in total. The van der Waals surface area contributed by atoms with Crippen molar-refractivity contribution in [1.82, 2.24) is 4.90 Å². The van der Waals surface area contributed by atoms with E-state index in [1.165, 1.54) is 12.1 Å². The van der Waals surface area contributed by atoms with Crippen molar-refractivity contribution >= 4 is 0 Å². The summed E-state index contributed by atoms with van der Waals surface area (Å²) in [5, 5.41) is 10.1. The van der Waals surface area contributed by atoms with Gasteiger partial charge >= 0.3 is 0 Å². The summed E-state index contributed by atoms with van der Waals surface area (Å²) in [7, 11) is 1.92. The molecule has 0 fully saturated rings. The molecule has 0 amide bonds. The predicted molar refractivity (Wildman–Crippen MR) is 71.1 cm³/mol. The Hall–Kier alpha value is -1.65. The van der Waals surface area contributed by atoms with Crippen molar-refractivity contribution in [1.29, 1.82) is 0 Å². The molecule has 0 saturated carbocycles. The number of rotatable bonds is 5. The molecule has 1 aromatic heterocycles. The zero-order valence-corrected chi connectivity index (χ0v) is 11.1. The van der Waals surface area contributed by atoms with E-state index in [-0.39, 0.29) is 11.9 Å². The number of halogens is 1. The maximum atomic E-state index is 12.8. The zero-order chi connectivity index (χ0) is 13.8. The van der Waals surface area contributed by atoms with E-state index < -0.39 is 6.10 Å². The standard InChI is InChI=1S/C15H18FNO2/c1-11(15-4-3-9-19-15)17(2)10-14(18)12-5-7-13(16)8-6-12/h3-9,11,14,18H,10H2,1-2H3. The topological polar surface area (TPSA) is 36.6 Å². The number of aliphatic hydroxyl groups is 1. The van der Waals surface area contributed by atoms with Crippen LogP contribution in [0.4, 0.5) is 4.39 Å². The van der Waals surface area contributed by atoms with Gasteiger partial charge in [-0.1, -0.05) is 12.1 Å². The normalized spacial score (nSPS) is 14.6. The van der Waals surface area contributed by atoms with Gasteiger partial charge in [-0.3, -0.25) is 4.90 Å². The van der Waals surface area contributed by atoms with Crippen LogP contribution in [-0.4, -0.2) is 23.6 Å². The monoisotopic (exact) mass is 263 g/mol. The van der Waals surface area contributed by atoms with Crippen molar-refractivity contribution in [3.8, 4) is 0 Å². The van der Waals surface area contributed by atoms with Crippen LogP contribution in [0.3, 0.4) is 0 Å². The zero-order valence-electron chi connectivity index (χ0n) is 11.1. The van der Waals surface area contributed by atoms with Crippen LogP contribution in [-0.2, 0) is 0 Å². The molecule has 19 heavy (non-hydrogen) atoms. The van der Waals surface area contributed by atoms with Crippen LogP contribution in [0.5, 0.6) is 0 Å². The maximum Gasteiger partial charge on any atom is 0.123 e. The molecule has 0 aliphatic heterocycles. The van der Waals surface area contributed by atoms with Crippen LogP contribution in [0.15, 0.2) is 47.1 Å². The van der Waals surface area contributed by atoms with Gasteiger partial charge in [0.1, 0.15) is 11.6 Å². The molecule has 102 valence electrons. The molecular weight excluding hydrogens is 245 g/mol. The molecule has 4 heteroatoms. The molecule has 0 saturated heterocycles. The van der Waals surface area contributed by atoms with E-state index in [4.69, 9.17) is 4.42 Å². The van der Waals surface area contributed by atoms with Crippen molar-refractivity contribution in [2.75, 3.05) is 13.6 Å². The lowest BCUT2D eigenvalue weighted by Crippen LogP contribution is -2.27. The molecule has 2 rings (SSSR count). The van der Waals surface area contributed by atoms with Gasteiger partial charge in [-0.25, -0.2) is 4.39 Å². The molecule has 0 aliphatic rings. The van der Waals surface area contributed by atoms with Crippen LogP contribution in [0.25, 0.3) is 0 Å². The van der Waals surface area contributed by atoms with Gasteiger partial charge in [0.2, 0.25) is 0 Å². The van der Waals surface area contributed by atoms with Crippen LogP contribution < -0.4 is 0 Å². The first-order valence-electron chi connectivity index (χ1n) is 6.25. The lowest BCUT2D eigenvalue weighted by molar-refractivity contribution is 0.102. The molecule has 2 aromatic rings. The molecule has 0 aliphatic carbocycles. The second-order valence-corrected chi connectivity index (χ2v) is 4.70. The summed E-state index contributed by atoms with van der Waals surface area (Å²) >= 11 is 0. The predicted octanol–water partition coefficient (Wildman–Crippen LogP) is 3.15. The lowest BCUT2D eigenvalue weighted by atomic mass is 10.1. The molecule has 1 aromatic carbocycles. The minimum atomic E-state index is -0.650. The van der Waals surface area contributed by atoms with Gasteiger partial charge in [0.15, 0.2) is 0 Å². The van der Waals surface area contributed by atoms with E-state index >= 15 is 0 Å². The highest BCUT2D eigenvalue weighted by atomic mass is 19.1. The third kappa shape index (κ3) is 3.43. The van der Waals surface area contributed by atoms with Crippen LogP contribution in [0.1, 0.15) is 30.4 Å². The quantitative estimate of drug-likeness (QED) is 0.900. The van der Waals surface area contributed by atoms with E-state index in [0.29, 0.717) is 12.1 Å². The molecule has 0 radical (unpaired) electrons. The van der Waals surface area contributed by atoms with Crippen LogP contribution >= 0.6 is 0 Å². The highest BCUT2D eigenvalue weighted by molar-refractivity contribution is 5.18. The Morgan fingerprint density at radius 3 is 2.53 bits per heavy atom. The van der Waals surface area contributed by atoms with E-state index in [1.54, 1.807) is 18.4 Å². The van der Waals surface area contributed by atoms with E-state index in [9.17, 15) is 9.50 Å². The van der Waals surface area contributed by atoms with Crippen molar-refractivity contribution in [2.24, 2.45) is 0 Å². The minimum absolute atomic E-state index is 0.0742. The minimum Gasteiger partial charge on any atom is -0.468 e. The lowest BCUT2D eigenvalue weighted by Gasteiger charge is -2.25. The number of nitrogens with zero attached hydrogens (tertiary/aromatic N) is 1. The first-order chi connectivity index (χ1) is 9.08. The Kier molecular flexibility index (Phi) is 4.35. The van der Waals surface area contributed by atoms with Crippen LogP contribution in [0, 0.1) is 5.82 Å². The average molecular weight is 263 g/mol. The summed E-state index contributed by atoms with van der Waals surface area (Å²) in [6.07, 6.45) is 0.985. The van der Waals surface area contributed by atoms with Gasteiger partial charge < -0.3 is 9.52 Å². The first-order valence-corrected chi connectivity index (χ1v) is 6.25. The Labute approximate surface area is 112 Å². The Morgan fingerprint density at radius 1 is 1.26 bits per heavy atom. The number of furan rings is 1. The second kappa shape index (κ2) is 5.99. The molecule has 1 N–H and O–H groups in total. The fourth-order valence-electron chi connectivity index (χ4n) is 1.97. The molecule has 2 unspecified atom stereocenters.